The summed E-state index contributed by atoms with van der Waals surface area (Å²) in [5.74, 6) is 0.522. The normalized spacial score (nSPS) is 10.9. The third kappa shape index (κ3) is 2.08. The molecule has 0 fully saturated rings. The summed E-state index contributed by atoms with van der Waals surface area (Å²) in [6.07, 6.45) is 0.878. The standard InChI is InChI=1S/C13H16N2O/c1-9(2)8-11-12(13(16)15-14-11)10-6-4-3-5-7-10/h3-7,9H,8H2,1-2H3,(H2,14,15,16). The molecule has 0 saturated carbocycles. The first-order valence-electron chi connectivity index (χ1n) is 5.53. The topological polar surface area (TPSA) is 48.6 Å². The van der Waals surface area contributed by atoms with Crippen molar-refractivity contribution in [1.82, 2.24) is 10.2 Å². The van der Waals surface area contributed by atoms with E-state index in [-0.39, 0.29) is 5.56 Å². The maximum Gasteiger partial charge on any atom is 0.272 e. The Bertz CT molecular complexity index is 508. The number of nitrogens with one attached hydrogen (secondary N) is 2. The lowest BCUT2D eigenvalue weighted by atomic mass is 10.0. The molecule has 0 atom stereocenters. The largest absolute Gasteiger partial charge is 0.302 e. The summed E-state index contributed by atoms with van der Waals surface area (Å²) in [6.45, 7) is 4.28. The monoisotopic (exact) mass is 216 g/mol. The smallest absolute Gasteiger partial charge is 0.272 e. The summed E-state index contributed by atoms with van der Waals surface area (Å²) in [6, 6.07) is 9.76. The highest BCUT2D eigenvalue weighted by molar-refractivity contribution is 5.64. The van der Waals surface area contributed by atoms with Crippen LogP contribution in [0, 0.1) is 5.92 Å². The van der Waals surface area contributed by atoms with E-state index in [4.69, 9.17) is 0 Å². The maximum atomic E-state index is 11.7. The van der Waals surface area contributed by atoms with E-state index in [9.17, 15) is 4.79 Å². The van der Waals surface area contributed by atoms with E-state index in [1.165, 1.54) is 0 Å². The van der Waals surface area contributed by atoms with Crippen LogP contribution in [0.1, 0.15) is 19.5 Å². The van der Waals surface area contributed by atoms with Crippen molar-refractivity contribution in [2.45, 2.75) is 20.3 Å². The first kappa shape index (κ1) is 10.7. The van der Waals surface area contributed by atoms with Gasteiger partial charge in [-0.25, -0.2) is 0 Å². The Hall–Kier alpha value is -1.77. The second kappa shape index (κ2) is 4.39. The molecule has 2 rings (SSSR count). The Morgan fingerprint density at radius 2 is 1.81 bits per heavy atom. The zero-order valence-electron chi connectivity index (χ0n) is 9.58. The molecule has 3 nitrogen and oxygen atoms in total. The van der Waals surface area contributed by atoms with Crippen LogP contribution in [0.2, 0.25) is 0 Å². The molecular formula is C13H16N2O. The molecule has 2 aromatic rings. The molecule has 3 heteroatoms. The molecule has 0 aliphatic heterocycles. The van der Waals surface area contributed by atoms with E-state index in [1.54, 1.807) is 0 Å². The molecule has 0 aliphatic carbocycles. The molecule has 1 aromatic heterocycles. The van der Waals surface area contributed by atoms with Crippen molar-refractivity contribution < 1.29 is 0 Å². The van der Waals surface area contributed by atoms with Crippen molar-refractivity contribution >= 4 is 0 Å². The number of H-pyrrole nitrogens is 2. The van der Waals surface area contributed by atoms with Crippen molar-refractivity contribution in [3.05, 3.63) is 46.4 Å². The lowest BCUT2D eigenvalue weighted by molar-refractivity contribution is 0.634. The summed E-state index contributed by atoms with van der Waals surface area (Å²) in [4.78, 5) is 11.7. The highest BCUT2D eigenvalue weighted by Gasteiger charge is 2.12. The fourth-order valence-corrected chi connectivity index (χ4v) is 1.87. The minimum Gasteiger partial charge on any atom is -0.302 e. The van der Waals surface area contributed by atoms with E-state index in [1.807, 2.05) is 30.3 Å². The molecule has 1 aromatic carbocycles. The molecule has 1 heterocycles. The average Bonchev–Trinajstić information content (AvgIpc) is 2.60. The first-order chi connectivity index (χ1) is 7.68. The van der Waals surface area contributed by atoms with Crippen molar-refractivity contribution in [3.63, 3.8) is 0 Å². The summed E-state index contributed by atoms with van der Waals surface area (Å²) >= 11 is 0. The van der Waals surface area contributed by atoms with Crippen LogP contribution < -0.4 is 5.56 Å². The van der Waals surface area contributed by atoms with E-state index in [0.29, 0.717) is 5.92 Å². The molecule has 2 N–H and O–H groups in total. The molecule has 0 radical (unpaired) electrons. The van der Waals surface area contributed by atoms with Crippen LogP contribution in [-0.4, -0.2) is 10.2 Å². The first-order valence-corrected chi connectivity index (χ1v) is 5.53. The van der Waals surface area contributed by atoms with Gasteiger partial charge in [0.15, 0.2) is 0 Å². The number of hydrogen-bond donors (Lipinski definition) is 2. The highest BCUT2D eigenvalue weighted by atomic mass is 16.1. The van der Waals surface area contributed by atoms with Crippen LogP contribution in [0.15, 0.2) is 35.1 Å². The Kier molecular flexibility index (Phi) is 2.95. The van der Waals surface area contributed by atoms with Crippen LogP contribution in [-0.2, 0) is 6.42 Å². The molecule has 0 bridgehead atoms. The Morgan fingerprint density at radius 1 is 1.12 bits per heavy atom. The predicted octanol–water partition coefficient (Wildman–Crippen LogP) is 2.57. The minimum atomic E-state index is -0.0400. The quantitative estimate of drug-likeness (QED) is 0.814. The number of aromatic amines is 2. The number of rotatable bonds is 3. The second-order valence-electron chi connectivity index (χ2n) is 4.40. The third-order valence-electron chi connectivity index (χ3n) is 2.53. The van der Waals surface area contributed by atoms with Gasteiger partial charge in [0.1, 0.15) is 0 Å². The predicted molar refractivity (Wildman–Crippen MR) is 65.4 cm³/mol. The van der Waals surface area contributed by atoms with Crippen molar-refractivity contribution in [3.8, 4) is 11.1 Å². The van der Waals surface area contributed by atoms with Gasteiger partial charge in [-0.1, -0.05) is 44.2 Å². The summed E-state index contributed by atoms with van der Waals surface area (Å²) in [5, 5.41) is 5.63. The van der Waals surface area contributed by atoms with Gasteiger partial charge in [-0.3, -0.25) is 9.89 Å². The van der Waals surface area contributed by atoms with E-state index in [0.717, 1.165) is 23.2 Å². The zero-order chi connectivity index (χ0) is 11.5. The molecular weight excluding hydrogens is 200 g/mol. The van der Waals surface area contributed by atoms with Crippen LogP contribution in [0.5, 0.6) is 0 Å². The van der Waals surface area contributed by atoms with Gasteiger partial charge in [0, 0.05) is 5.69 Å². The van der Waals surface area contributed by atoms with Gasteiger partial charge in [-0.2, -0.15) is 0 Å². The zero-order valence-corrected chi connectivity index (χ0v) is 9.58. The number of hydrogen-bond acceptors (Lipinski definition) is 1. The van der Waals surface area contributed by atoms with Gasteiger partial charge >= 0.3 is 0 Å². The molecule has 0 saturated heterocycles. The summed E-state index contributed by atoms with van der Waals surface area (Å²) in [5.41, 5.74) is 2.70. The van der Waals surface area contributed by atoms with Crippen molar-refractivity contribution in [2.24, 2.45) is 5.92 Å². The van der Waals surface area contributed by atoms with Crippen LogP contribution >= 0.6 is 0 Å². The van der Waals surface area contributed by atoms with Crippen molar-refractivity contribution in [2.75, 3.05) is 0 Å². The third-order valence-corrected chi connectivity index (χ3v) is 2.53. The van der Waals surface area contributed by atoms with Gasteiger partial charge < -0.3 is 5.10 Å². The van der Waals surface area contributed by atoms with E-state index in [2.05, 4.69) is 24.0 Å². The Morgan fingerprint density at radius 3 is 2.44 bits per heavy atom. The number of aromatic nitrogens is 2. The molecule has 0 unspecified atom stereocenters. The van der Waals surface area contributed by atoms with Crippen LogP contribution in [0.3, 0.4) is 0 Å². The van der Waals surface area contributed by atoms with Gasteiger partial charge in [-0.05, 0) is 17.9 Å². The summed E-state index contributed by atoms with van der Waals surface area (Å²) in [7, 11) is 0. The van der Waals surface area contributed by atoms with Gasteiger partial charge in [0.2, 0.25) is 0 Å². The Balaban J connectivity index is 2.48. The van der Waals surface area contributed by atoms with Gasteiger partial charge in [-0.15, -0.1) is 0 Å². The average molecular weight is 216 g/mol. The fourth-order valence-electron chi connectivity index (χ4n) is 1.87. The maximum absolute atomic E-state index is 11.7. The Labute approximate surface area is 94.5 Å². The second-order valence-corrected chi connectivity index (χ2v) is 4.40. The number of benzene rings is 1. The molecule has 0 amide bonds. The van der Waals surface area contributed by atoms with Gasteiger partial charge in [0.25, 0.3) is 5.56 Å². The minimum absolute atomic E-state index is 0.0400. The highest BCUT2D eigenvalue weighted by Crippen LogP contribution is 2.20. The lowest BCUT2D eigenvalue weighted by Gasteiger charge is -2.04. The molecule has 16 heavy (non-hydrogen) atoms. The van der Waals surface area contributed by atoms with Crippen molar-refractivity contribution in [1.29, 1.82) is 0 Å². The molecule has 0 aliphatic rings. The van der Waals surface area contributed by atoms with E-state index < -0.39 is 0 Å². The SMILES string of the molecule is CC(C)Cc1[nH][nH]c(=O)c1-c1ccccc1. The van der Waals surface area contributed by atoms with Crippen LogP contribution in [0.25, 0.3) is 11.1 Å². The van der Waals surface area contributed by atoms with Gasteiger partial charge in [0.05, 0.1) is 5.56 Å². The van der Waals surface area contributed by atoms with Crippen LogP contribution in [0.4, 0.5) is 0 Å². The fraction of sp³-hybridized carbons (Fsp3) is 0.308. The lowest BCUT2D eigenvalue weighted by Crippen LogP contribution is -2.03. The summed E-state index contributed by atoms with van der Waals surface area (Å²) < 4.78 is 0. The molecule has 0 spiro atoms. The molecule has 84 valence electrons. The van der Waals surface area contributed by atoms with E-state index >= 15 is 0 Å².